The average molecular weight is 431 g/mol. The maximum absolute atomic E-state index is 10.6. The molecule has 4 rings (SSSR count). The third-order valence-corrected chi connectivity index (χ3v) is 5.37. The van der Waals surface area contributed by atoms with Crippen molar-refractivity contribution in [2.24, 2.45) is 0 Å². The molecule has 2 saturated heterocycles. The van der Waals surface area contributed by atoms with E-state index in [0.717, 1.165) is 56.6 Å². The fourth-order valence-electron chi connectivity index (χ4n) is 3.39. The lowest BCUT2D eigenvalue weighted by atomic mass is 9.91. The maximum Gasteiger partial charge on any atom is 0.490 e. The Hall–Kier alpha value is -2.47. The first-order valence-corrected chi connectivity index (χ1v) is 9.78. The number of aliphatic carboxylic acids is 1. The number of ether oxygens (including phenoxy) is 1. The van der Waals surface area contributed by atoms with E-state index in [1.165, 1.54) is 0 Å². The fourth-order valence-corrected chi connectivity index (χ4v) is 3.98. The number of nitrogens with zero attached hydrogens (tertiary/aromatic N) is 5. The molecule has 29 heavy (non-hydrogen) atoms. The standard InChI is InChI=1S/C15H19N5OS.C2HF3O2/c1-2-6-16-13(4-1)19-8-9-21-15(10-19)5-3-7-20(11-15)14-18-17-12-22-14;3-2(4,5)1(6)7/h1-2,4,6,12H,3,5,7-11H2;(H,6,7). The van der Waals surface area contributed by atoms with Crippen LogP contribution >= 0.6 is 11.3 Å². The first kappa shape index (κ1) is 21.2. The number of carboxylic acid groups (broad SMARTS) is 1. The molecule has 158 valence electrons. The Morgan fingerprint density at radius 3 is 2.62 bits per heavy atom. The second-order valence-corrected chi connectivity index (χ2v) is 7.50. The van der Waals surface area contributed by atoms with Crippen LogP contribution in [0.4, 0.5) is 24.1 Å². The molecule has 12 heteroatoms. The fraction of sp³-hybridized carbons (Fsp3) is 0.529. The Kier molecular flexibility index (Phi) is 6.52. The first-order valence-electron chi connectivity index (χ1n) is 8.90. The monoisotopic (exact) mass is 431 g/mol. The molecule has 2 aliphatic heterocycles. The Bertz CT molecular complexity index is 789. The molecule has 2 fully saturated rings. The molecule has 4 heterocycles. The molecule has 0 saturated carbocycles. The first-order chi connectivity index (χ1) is 13.8. The molecular weight excluding hydrogens is 411 g/mol. The zero-order valence-electron chi connectivity index (χ0n) is 15.4. The highest BCUT2D eigenvalue weighted by atomic mass is 32.1. The summed E-state index contributed by atoms with van der Waals surface area (Å²) < 4.78 is 38.0. The quantitative estimate of drug-likeness (QED) is 0.775. The van der Waals surface area contributed by atoms with E-state index in [1.54, 1.807) is 16.8 Å². The number of anilines is 2. The number of aromatic nitrogens is 3. The number of pyridine rings is 1. The molecule has 0 bridgehead atoms. The molecule has 1 spiro atoms. The minimum absolute atomic E-state index is 0.125. The number of hydrogen-bond acceptors (Lipinski definition) is 8. The Balaban J connectivity index is 0.000000298. The van der Waals surface area contributed by atoms with Gasteiger partial charge in [-0.25, -0.2) is 9.78 Å². The van der Waals surface area contributed by atoms with Crippen LogP contribution in [0.3, 0.4) is 0 Å². The van der Waals surface area contributed by atoms with Gasteiger partial charge in [0.1, 0.15) is 16.9 Å². The predicted octanol–water partition coefficient (Wildman–Crippen LogP) is 2.44. The van der Waals surface area contributed by atoms with Gasteiger partial charge in [0, 0.05) is 19.3 Å². The van der Waals surface area contributed by atoms with Gasteiger partial charge in [0.05, 0.1) is 19.7 Å². The van der Waals surface area contributed by atoms with Gasteiger partial charge in [0.15, 0.2) is 0 Å². The molecular formula is C17H20F3N5O3S. The van der Waals surface area contributed by atoms with Crippen LogP contribution in [0.15, 0.2) is 29.9 Å². The van der Waals surface area contributed by atoms with Crippen LogP contribution < -0.4 is 9.80 Å². The summed E-state index contributed by atoms with van der Waals surface area (Å²) in [6.45, 7) is 4.45. The Morgan fingerprint density at radius 2 is 2.00 bits per heavy atom. The van der Waals surface area contributed by atoms with Crippen molar-refractivity contribution in [3.8, 4) is 0 Å². The highest BCUT2D eigenvalue weighted by molar-refractivity contribution is 7.13. The number of rotatable bonds is 2. The van der Waals surface area contributed by atoms with Gasteiger partial charge < -0.3 is 19.6 Å². The molecule has 1 unspecified atom stereocenters. The van der Waals surface area contributed by atoms with Crippen LogP contribution in [-0.2, 0) is 9.53 Å². The molecule has 0 aromatic carbocycles. The number of morpholine rings is 1. The van der Waals surface area contributed by atoms with E-state index in [0.29, 0.717) is 0 Å². The van der Waals surface area contributed by atoms with Crippen LogP contribution in [0.5, 0.6) is 0 Å². The van der Waals surface area contributed by atoms with E-state index >= 15 is 0 Å². The zero-order valence-corrected chi connectivity index (χ0v) is 16.2. The van der Waals surface area contributed by atoms with Gasteiger partial charge in [0.2, 0.25) is 5.13 Å². The number of carbonyl (C=O) groups is 1. The van der Waals surface area contributed by atoms with Gasteiger partial charge in [-0.1, -0.05) is 17.4 Å². The van der Waals surface area contributed by atoms with Gasteiger partial charge in [-0.2, -0.15) is 13.2 Å². The van der Waals surface area contributed by atoms with Gasteiger partial charge in [-0.3, -0.25) is 0 Å². The van der Waals surface area contributed by atoms with Crippen molar-refractivity contribution in [3.05, 3.63) is 29.9 Å². The largest absolute Gasteiger partial charge is 0.490 e. The van der Waals surface area contributed by atoms with Crippen LogP contribution in [-0.4, -0.2) is 70.8 Å². The third-order valence-electron chi connectivity index (χ3n) is 4.62. The number of alkyl halides is 3. The van der Waals surface area contributed by atoms with Gasteiger partial charge in [-0.05, 0) is 25.0 Å². The van der Waals surface area contributed by atoms with E-state index in [1.807, 2.05) is 18.3 Å². The summed E-state index contributed by atoms with van der Waals surface area (Å²) in [6.07, 6.45) is -1.02. The maximum atomic E-state index is 10.6. The summed E-state index contributed by atoms with van der Waals surface area (Å²) in [4.78, 5) is 18.0. The van der Waals surface area contributed by atoms with Gasteiger partial charge >= 0.3 is 12.1 Å². The summed E-state index contributed by atoms with van der Waals surface area (Å²) in [5.74, 6) is -1.72. The summed E-state index contributed by atoms with van der Waals surface area (Å²) >= 11 is 1.60. The summed E-state index contributed by atoms with van der Waals surface area (Å²) in [6, 6.07) is 6.07. The highest BCUT2D eigenvalue weighted by Crippen LogP contribution is 2.33. The number of carboxylic acids is 1. The molecule has 0 radical (unpaired) electrons. The number of halogens is 3. The minimum atomic E-state index is -5.08. The Morgan fingerprint density at radius 1 is 1.24 bits per heavy atom. The number of hydrogen-bond donors (Lipinski definition) is 1. The number of piperidine rings is 1. The van der Waals surface area contributed by atoms with Crippen LogP contribution in [0.2, 0.25) is 0 Å². The minimum Gasteiger partial charge on any atom is -0.475 e. The van der Waals surface area contributed by atoms with E-state index in [4.69, 9.17) is 14.6 Å². The van der Waals surface area contributed by atoms with Gasteiger partial charge in [-0.15, -0.1) is 10.2 Å². The van der Waals surface area contributed by atoms with Crippen molar-refractivity contribution in [2.45, 2.75) is 24.6 Å². The van der Waals surface area contributed by atoms with E-state index in [9.17, 15) is 13.2 Å². The summed E-state index contributed by atoms with van der Waals surface area (Å²) in [5, 5.41) is 16.3. The van der Waals surface area contributed by atoms with Crippen molar-refractivity contribution in [1.82, 2.24) is 15.2 Å². The molecule has 2 aliphatic rings. The molecule has 0 aliphatic carbocycles. The lowest BCUT2D eigenvalue weighted by Gasteiger charge is -2.48. The topological polar surface area (TPSA) is 91.7 Å². The van der Waals surface area contributed by atoms with E-state index in [2.05, 4.69) is 31.0 Å². The molecule has 1 N–H and O–H groups in total. The Labute approximate surface area is 168 Å². The summed E-state index contributed by atoms with van der Waals surface area (Å²) in [7, 11) is 0. The lowest BCUT2D eigenvalue weighted by Crippen LogP contribution is -2.60. The molecule has 2 aromatic heterocycles. The van der Waals surface area contributed by atoms with Crippen molar-refractivity contribution in [1.29, 1.82) is 0 Å². The highest BCUT2D eigenvalue weighted by Gasteiger charge is 2.41. The second-order valence-electron chi connectivity index (χ2n) is 6.69. The van der Waals surface area contributed by atoms with Crippen molar-refractivity contribution < 1.29 is 27.8 Å². The van der Waals surface area contributed by atoms with Crippen molar-refractivity contribution in [2.75, 3.05) is 42.6 Å². The molecule has 2 aromatic rings. The second kappa shape index (κ2) is 8.91. The van der Waals surface area contributed by atoms with Crippen LogP contribution in [0.25, 0.3) is 0 Å². The van der Waals surface area contributed by atoms with Gasteiger partial charge in [0.25, 0.3) is 0 Å². The zero-order chi connectivity index (χ0) is 20.9. The summed E-state index contributed by atoms with van der Waals surface area (Å²) in [5.41, 5.74) is 1.66. The normalized spacial score (nSPS) is 22.2. The van der Waals surface area contributed by atoms with E-state index < -0.39 is 12.1 Å². The smallest absolute Gasteiger partial charge is 0.475 e. The molecule has 8 nitrogen and oxygen atoms in total. The molecule has 0 amide bonds. The van der Waals surface area contributed by atoms with Crippen molar-refractivity contribution in [3.63, 3.8) is 0 Å². The van der Waals surface area contributed by atoms with Crippen LogP contribution in [0.1, 0.15) is 12.8 Å². The molecule has 1 atom stereocenters. The van der Waals surface area contributed by atoms with Crippen molar-refractivity contribution >= 4 is 28.3 Å². The third kappa shape index (κ3) is 5.54. The predicted molar refractivity (Wildman–Crippen MR) is 100 cm³/mol. The SMILES string of the molecule is O=C(O)C(F)(F)F.c1ccc(N2CCOC3(CCCN(c4nncs4)C3)C2)nc1. The van der Waals surface area contributed by atoms with E-state index in [-0.39, 0.29) is 5.60 Å². The average Bonchev–Trinajstić information content (AvgIpc) is 3.23. The van der Waals surface area contributed by atoms with Crippen LogP contribution in [0, 0.1) is 0 Å². The lowest BCUT2D eigenvalue weighted by molar-refractivity contribution is -0.192.